The Labute approximate surface area is 401 Å². The Morgan fingerprint density at radius 1 is 0.612 bits per heavy atom. The molecule has 0 atom stereocenters. The van der Waals surface area contributed by atoms with Crippen molar-refractivity contribution in [2.45, 2.75) is 74.9 Å². The molecule has 6 rings (SSSR count). The van der Waals surface area contributed by atoms with E-state index in [-0.39, 0.29) is 43.4 Å². The molecule has 0 fully saturated rings. The van der Waals surface area contributed by atoms with Crippen molar-refractivity contribution in [2.75, 3.05) is 42.5 Å². The minimum atomic E-state index is -3.53. The van der Waals surface area contributed by atoms with Gasteiger partial charge in [-0.1, -0.05) is 47.5 Å². The summed E-state index contributed by atoms with van der Waals surface area (Å²) >= 11 is 12.6. The van der Waals surface area contributed by atoms with Crippen LogP contribution < -0.4 is 41.4 Å². The number of nitrogens with one attached hydrogen (secondary N) is 6. The molecule has 67 heavy (non-hydrogen) atoms. The molecule has 1 amide bonds. The van der Waals surface area contributed by atoms with Crippen molar-refractivity contribution in [3.8, 4) is 11.5 Å². The van der Waals surface area contributed by atoms with Gasteiger partial charge < -0.3 is 41.4 Å². The van der Waals surface area contributed by atoms with Gasteiger partial charge in [-0.3, -0.25) is 4.79 Å². The Morgan fingerprint density at radius 3 is 1.39 bits per heavy atom. The normalized spacial score (nSPS) is 11.4. The number of sulfone groups is 2. The predicted molar refractivity (Wildman–Crippen MR) is 266 cm³/mol. The molecule has 0 saturated heterocycles. The van der Waals surface area contributed by atoms with Crippen LogP contribution in [0.15, 0.2) is 95.0 Å². The number of aromatic nitrogens is 4. The number of carbonyl (C=O) groups excluding carboxylic acids is 1. The molecule has 0 aliphatic heterocycles. The number of benzene rings is 4. The second kappa shape index (κ2) is 23.0. The van der Waals surface area contributed by atoms with Gasteiger partial charge in [0.25, 0.3) is 0 Å². The SMILES string of the molecule is CNCc1cc(OC)c(Nc2ncc(Cl)c(Nc3ccccc3S(=O)(=O)C(C)C)n2)cc1C.COc1cc(CNC=O)c(C)cc1Nc1ncc(Cl)c(Nc2ccccc2S(=O)(=O)C(C)C)n1. The number of para-hydroxylation sites is 2. The van der Waals surface area contributed by atoms with Crippen molar-refractivity contribution in [2.24, 2.45) is 0 Å². The lowest BCUT2D eigenvalue weighted by Gasteiger charge is -2.16. The van der Waals surface area contributed by atoms with Crippen LogP contribution in [-0.4, -0.2) is 74.9 Å². The van der Waals surface area contributed by atoms with Gasteiger partial charge in [-0.2, -0.15) is 9.97 Å². The number of aryl methyl sites for hydroxylation is 2. The highest BCUT2D eigenvalue weighted by Crippen LogP contribution is 2.35. The first-order chi connectivity index (χ1) is 31.8. The minimum Gasteiger partial charge on any atom is -0.495 e. The molecule has 2 heterocycles. The quantitative estimate of drug-likeness (QED) is 0.0416. The number of hydrogen-bond donors (Lipinski definition) is 6. The zero-order chi connectivity index (χ0) is 49.1. The number of hydrogen-bond acceptors (Lipinski definition) is 16. The van der Waals surface area contributed by atoms with Crippen molar-refractivity contribution in [3.05, 3.63) is 117 Å². The smallest absolute Gasteiger partial charge is 0.229 e. The van der Waals surface area contributed by atoms with Crippen LogP contribution in [0.4, 0.5) is 46.3 Å². The summed E-state index contributed by atoms with van der Waals surface area (Å²) in [5.41, 5.74) is 6.09. The minimum absolute atomic E-state index is 0.158. The van der Waals surface area contributed by atoms with Crippen molar-refractivity contribution in [3.63, 3.8) is 0 Å². The van der Waals surface area contributed by atoms with E-state index >= 15 is 0 Å². The van der Waals surface area contributed by atoms with E-state index in [0.29, 0.717) is 53.7 Å². The lowest BCUT2D eigenvalue weighted by atomic mass is 10.1. The molecule has 2 aromatic heterocycles. The number of rotatable bonds is 19. The predicted octanol–water partition coefficient (Wildman–Crippen LogP) is 9.20. The first-order valence-electron chi connectivity index (χ1n) is 20.8. The Morgan fingerprint density at radius 2 is 1.01 bits per heavy atom. The van der Waals surface area contributed by atoms with Gasteiger partial charge in [0.15, 0.2) is 31.3 Å². The molecular formula is C46H54Cl2N10O7S2. The van der Waals surface area contributed by atoms with E-state index < -0.39 is 30.2 Å². The third-order valence-corrected chi connectivity index (χ3v) is 15.1. The molecule has 0 aliphatic rings. The second-order valence-corrected chi connectivity index (χ2v) is 21.2. The van der Waals surface area contributed by atoms with Gasteiger partial charge in [0, 0.05) is 13.1 Å². The lowest BCUT2D eigenvalue weighted by molar-refractivity contribution is -0.109. The average Bonchev–Trinajstić information content (AvgIpc) is 3.29. The van der Waals surface area contributed by atoms with Crippen LogP contribution in [0.1, 0.15) is 49.9 Å². The van der Waals surface area contributed by atoms with E-state index in [1.54, 1.807) is 83.3 Å². The topological polar surface area (TPSA) is 228 Å². The van der Waals surface area contributed by atoms with Crippen LogP contribution in [0.5, 0.6) is 11.5 Å². The van der Waals surface area contributed by atoms with Crippen LogP contribution in [0.2, 0.25) is 10.0 Å². The maximum absolute atomic E-state index is 12.8. The van der Waals surface area contributed by atoms with Gasteiger partial charge in [0.2, 0.25) is 18.3 Å². The van der Waals surface area contributed by atoms with Crippen LogP contribution in [0, 0.1) is 13.8 Å². The molecule has 6 N–H and O–H groups in total. The molecule has 0 radical (unpaired) electrons. The third-order valence-electron chi connectivity index (χ3n) is 10.2. The fraction of sp³-hybridized carbons (Fsp3) is 0.283. The number of amides is 1. The van der Waals surface area contributed by atoms with Gasteiger partial charge in [0.05, 0.1) is 69.7 Å². The summed E-state index contributed by atoms with van der Waals surface area (Å²) < 4.78 is 62.1. The van der Waals surface area contributed by atoms with E-state index in [0.717, 1.165) is 22.3 Å². The largest absolute Gasteiger partial charge is 0.495 e. The summed E-state index contributed by atoms with van der Waals surface area (Å²) in [5.74, 6) is 2.22. The highest BCUT2D eigenvalue weighted by molar-refractivity contribution is 7.92. The number of nitrogens with zero attached hydrogens (tertiary/aromatic N) is 4. The summed E-state index contributed by atoms with van der Waals surface area (Å²) in [7, 11) is -2.02. The number of carbonyl (C=O) groups is 1. The average molecular weight is 994 g/mol. The van der Waals surface area contributed by atoms with Crippen molar-refractivity contribution in [1.29, 1.82) is 0 Å². The Kier molecular flexibility index (Phi) is 17.7. The summed E-state index contributed by atoms with van der Waals surface area (Å²) in [6, 6.07) is 20.8. The van der Waals surface area contributed by atoms with Gasteiger partial charge in [-0.25, -0.2) is 26.8 Å². The molecule has 4 aromatic carbocycles. The highest BCUT2D eigenvalue weighted by atomic mass is 35.5. The Bertz CT molecular complexity index is 2940. The van der Waals surface area contributed by atoms with Crippen LogP contribution in [0.25, 0.3) is 0 Å². The Hall–Kier alpha value is -6.25. The molecule has 0 saturated carbocycles. The molecule has 6 aromatic rings. The van der Waals surface area contributed by atoms with Crippen LogP contribution >= 0.6 is 23.2 Å². The Balaban J connectivity index is 0.000000251. The molecule has 17 nitrogen and oxygen atoms in total. The van der Waals surface area contributed by atoms with Crippen LogP contribution in [0.3, 0.4) is 0 Å². The number of halogens is 2. The first-order valence-corrected chi connectivity index (χ1v) is 24.6. The highest BCUT2D eigenvalue weighted by Gasteiger charge is 2.25. The lowest BCUT2D eigenvalue weighted by Crippen LogP contribution is -2.15. The fourth-order valence-corrected chi connectivity index (χ4v) is 9.07. The maximum Gasteiger partial charge on any atom is 0.229 e. The van der Waals surface area contributed by atoms with Crippen molar-refractivity contribution in [1.82, 2.24) is 30.6 Å². The zero-order valence-electron chi connectivity index (χ0n) is 38.4. The fourth-order valence-electron chi connectivity index (χ4n) is 6.39. The summed E-state index contributed by atoms with van der Waals surface area (Å²) in [6.07, 6.45) is 3.51. The number of anilines is 8. The molecule has 0 aliphatic carbocycles. The number of ether oxygens (including phenoxy) is 2. The van der Waals surface area contributed by atoms with Gasteiger partial charge in [0.1, 0.15) is 21.5 Å². The monoisotopic (exact) mass is 992 g/mol. The van der Waals surface area contributed by atoms with E-state index in [1.165, 1.54) is 19.5 Å². The number of methoxy groups -OCH3 is 2. The summed E-state index contributed by atoms with van der Waals surface area (Å²) in [4.78, 5) is 28.4. The van der Waals surface area contributed by atoms with Gasteiger partial charge >= 0.3 is 0 Å². The summed E-state index contributed by atoms with van der Waals surface area (Å²) in [6.45, 7) is 11.5. The molecular weight excluding hydrogens is 940 g/mol. The standard InChI is InChI=1S/C23H26ClN5O4S.C23H28ClN5O3S/c1-14(2)34(31,32)21-8-6-5-7-18(21)27-22-17(24)12-26-23(29-22)28-19-9-15(3)16(11-25-13-30)10-20(19)33-4;1-14(2)33(30,31)21-9-7-6-8-18(21)27-22-17(24)13-26-23(29-22)28-19-10-15(3)16(12-25-4)11-20(19)32-5/h5-10,12-14H,11H2,1-4H3,(H,25,30)(H2,26,27,28,29);6-11,13-14,25H,12H2,1-5H3,(H2,26,27,28,29). The molecule has 0 bridgehead atoms. The van der Waals surface area contributed by atoms with E-state index in [2.05, 4.69) is 51.8 Å². The van der Waals surface area contributed by atoms with Crippen LogP contribution in [-0.2, 0) is 37.6 Å². The van der Waals surface area contributed by atoms with Crippen molar-refractivity contribution < 1.29 is 31.1 Å². The zero-order valence-corrected chi connectivity index (χ0v) is 41.6. The van der Waals surface area contributed by atoms with E-state index in [1.807, 2.05) is 45.2 Å². The van der Waals surface area contributed by atoms with E-state index in [9.17, 15) is 21.6 Å². The van der Waals surface area contributed by atoms with Gasteiger partial charge in [-0.05, 0) is 119 Å². The molecule has 356 valence electrons. The second-order valence-electron chi connectivity index (χ2n) is 15.4. The molecule has 0 unspecified atom stereocenters. The summed E-state index contributed by atoms with van der Waals surface area (Å²) in [5, 5.41) is 17.4. The molecule has 0 spiro atoms. The first kappa shape index (κ1) is 51.7. The maximum atomic E-state index is 12.8. The van der Waals surface area contributed by atoms with E-state index in [4.69, 9.17) is 32.7 Å². The molecule has 21 heteroatoms. The third kappa shape index (κ3) is 12.8. The van der Waals surface area contributed by atoms with Crippen molar-refractivity contribution >= 4 is 95.6 Å². The van der Waals surface area contributed by atoms with Gasteiger partial charge in [-0.15, -0.1) is 0 Å².